The Bertz CT molecular complexity index is 665. The van der Waals surface area contributed by atoms with Gasteiger partial charge in [0.25, 0.3) is 0 Å². The van der Waals surface area contributed by atoms with Gasteiger partial charge in [0, 0.05) is 23.9 Å². The lowest BCUT2D eigenvalue weighted by molar-refractivity contribution is -0.387. The van der Waals surface area contributed by atoms with E-state index in [1.165, 1.54) is 30.3 Å². The minimum absolute atomic E-state index is 0.0233. The van der Waals surface area contributed by atoms with E-state index in [9.17, 15) is 18.9 Å². The van der Waals surface area contributed by atoms with Gasteiger partial charge in [0.2, 0.25) is 5.82 Å². The van der Waals surface area contributed by atoms with E-state index in [2.05, 4.69) is 5.32 Å². The highest BCUT2D eigenvalue weighted by atomic mass is 35.5. The Balaban J connectivity index is 2.17. The fourth-order valence-corrected chi connectivity index (χ4v) is 1.83. The third kappa shape index (κ3) is 3.03. The number of nitrogens with one attached hydrogen (secondary N) is 1. The first kappa shape index (κ1) is 14.2. The van der Waals surface area contributed by atoms with Crippen molar-refractivity contribution >= 4 is 23.0 Å². The molecular weight excluding hydrogens is 290 g/mol. The minimum atomic E-state index is -0.891. The van der Waals surface area contributed by atoms with Gasteiger partial charge in [0.05, 0.1) is 9.95 Å². The van der Waals surface area contributed by atoms with Crippen LogP contribution in [0, 0.1) is 21.7 Å². The number of hydrogen-bond acceptors (Lipinski definition) is 3. The summed E-state index contributed by atoms with van der Waals surface area (Å²) < 4.78 is 26.8. The Morgan fingerprint density at radius 1 is 1.25 bits per heavy atom. The minimum Gasteiger partial charge on any atom is -0.381 e. The van der Waals surface area contributed by atoms with Crippen molar-refractivity contribution in [2.24, 2.45) is 0 Å². The van der Waals surface area contributed by atoms with Crippen LogP contribution in [0.5, 0.6) is 0 Å². The van der Waals surface area contributed by atoms with Gasteiger partial charge in [-0.15, -0.1) is 0 Å². The van der Waals surface area contributed by atoms with Crippen molar-refractivity contribution in [1.82, 2.24) is 0 Å². The lowest BCUT2D eigenvalue weighted by Gasteiger charge is -2.08. The van der Waals surface area contributed by atoms with E-state index in [4.69, 9.17) is 11.6 Å². The van der Waals surface area contributed by atoms with Crippen molar-refractivity contribution < 1.29 is 13.7 Å². The first-order valence-corrected chi connectivity index (χ1v) is 5.97. The maximum atomic E-state index is 13.8. The van der Waals surface area contributed by atoms with Crippen LogP contribution >= 0.6 is 11.6 Å². The molecule has 0 atom stereocenters. The second kappa shape index (κ2) is 5.83. The highest BCUT2D eigenvalue weighted by Crippen LogP contribution is 2.23. The van der Waals surface area contributed by atoms with E-state index < -0.39 is 22.2 Å². The molecule has 0 heterocycles. The van der Waals surface area contributed by atoms with E-state index in [0.29, 0.717) is 5.69 Å². The summed E-state index contributed by atoms with van der Waals surface area (Å²) in [6, 6.07) is 7.89. The third-order valence-corrected chi connectivity index (χ3v) is 2.95. The topological polar surface area (TPSA) is 55.2 Å². The van der Waals surface area contributed by atoms with Gasteiger partial charge >= 0.3 is 5.69 Å². The molecule has 0 spiro atoms. The zero-order chi connectivity index (χ0) is 14.7. The average Bonchev–Trinajstić information content (AvgIpc) is 2.41. The lowest BCUT2D eigenvalue weighted by atomic mass is 10.2. The van der Waals surface area contributed by atoms with E-state index >= 15 is 0 Å². The van der Waals surface area contributed by atoms with Crippen molar-refractivity contribution in [3.8, 4) is 0 Å². The summed E-state index contributed by atoms with van der Waals surface area (Å²) >= 11 is 5.62. The third-order valence-electron chi connectivity index (χ3n) is 2.66. The molecule has 4 nitrogen and oxygen atoms in total. The molecule has 0 bridgehead atoms. The molecule has 0 fully saturated rings. The van der Waals surface area contributed by atoms with E-state index in [1.54, 1.807) is 0 Å². The molecule has 1 N–H and O–H groups in total. The van der Waals surface area contributed by atoms with Crippen molar-refractivity contribution in [2.75, 3.05) is 5.32 Å². The van der Waals surface area contributed by atoms with Gasteiger partial charge in [0.15, 0.2) is 0 Å². The Labute approximate surface area is 118 Å². The van der Waals surface area contributed by atoms with Crippen LogP contribution in [0.2, 0.25) is 5.02 Å². The quantitative estimate of drug-likeness (QED) is 0.682. The normalized spacial score (nSPS) is 10.3. The number of halogens is 3. The first-order valence-electron chi connectivity index (χ1n) is 5.59. The molecule has 0 aliphatic rings. The molecule has 0 saturated heterocycles. The molecule has 2 aromatic carbocycles. The summed E-state index contributed by atoms with van der Waals surface area (Å²) in [6.07, 6.45) is 0. The highest BCUT2D eigenvalue weighted by Gasteiger charge is 2.16. The van der Waals surface area contributed by atoms with Crippen LogP contribution in [0.3, 0.4) is 0 Å². The van der Waals surface area contributed by atoms with Crippen LogP contribution in [-0.4, -0.2) is 4.92 Å². The first-order chi connectivity index (χ1) is 9.49. The molecule has 104 valence electrons. The Hall–Kier alpha value is -2.21. The second-order valence-corrected chi connectivity index (χ2v) is 4.40. The van der Waals surface area contributed by atoms with Crippen LogP contribution in [0.1, 0.15) is 5.56 Å². The van der Waals surface area contributed by atoms with Crippen molar-refractivity contribution in [2.45, 2.75) is 6.54 Å². The number of benzene rings is 2. The summed E-state index contributed by atoms with van der Waals surface area (Å²) in [4.78, 5) is 9.83. The molecule has 0 unspecified atom stereocenters. The van der Waals surface area contributed by atoms with E-state index in [-0.39, 0.29) is 17.1 Å². The molecule has 0 aliphatic heterocycles. The number of nitrogens with zero attached hydrogens (tertiary/aromatic N) is 1. The van der Waals surface area contributed by atoms with E-state index in [1.807, 2.05) is 0 Å². The number of rotatable bonds is 4. The molecule has 0 aromatic heterocycles. The average molecular weight is 299 g/mol. The maximum Gasteiger partial charge on any atom is 0.305 e. The van der Waals surface area contributed by atoms with Crippen LogP contribution < -0.4 is 5.32 Å². The van der Waals surface area contributed by atoms with Gasteiger partial charge in [-0.2, -0.15) is 4.39 Å². The summed E-state index contributed by atoms with van der Waals surface area (Å²) in [5.74, 6) is -1.45. The summed E-state index contributed by atoms with van der Waals surface area (Å²) in [7, 11) is 0. The summed E-state index contributed by atoms with van der Waals surface area (Å²) in [5, 5.41) is 13.4. The predicted molar refractivity (Wildman–Crippen MR) is 71.8 cm³/mol. The molecule has 0 amide bonds. The van der Waals surface area contributed by atoms with Crippen molar-refractivity contribution in [1.29, 1.82) is 0 Å². The highest BCUT2D eigenvalue weighted by molar-refractivity contribution is 6.31. The SMILES string of the molecule is O=[N+]([O-])c1cccc(CNc2ccc(F)c(Cl)c2)c1F. The number of nitro benzene ring substituents is 1. The summed E-state index contributed by atoms with van der Waals surface area (Å²) in [5.41, 5.74) is 0.0448. The zero-order valence-electron chi connectivity index (χ0n) is 10.1. The van der Waals surface area contributed by atoms with Gasteiger partial charge in [-0.1, -0.05) is 23.7 Å². The maximum absolute atomic E-state index is 13.8. The Morgan fingerprint density at radius 3 is 2.65 bits per heavy atom. The fourth-order valence-electron chi connectivity index (χ4n) is 1.65. The van der Waals surface area contributed by atoms with E-state index in [0.717, 1.165) is 6.07 Å². The number of nitro groups is 1. The standard InChI is InChI=1S/C13H9ClF2N2O2/c14-10-6-9(4-5-11(10)15)17-7-8-2-1-3-12(13(8)16)18(19)20/h1-6,17H,7H2. The molecule has 2 aromatic rings. The van der Waals surface area contributed by atoms with Crippen LogP contribution in [0.25, 0.3) is 0 Å². The van der Waals surface area contributed by atoms with Crippen LogP contribution in [0.15, 0.2) is 36.4 Å². The molecule has 0 aliphatic carbocycles. The lowest BCUT2D eigenvalue weighted by Crippen LogP contribution is -2.04. The zero-order valence-corrected chi connectivity index (χ0v) is 10.8. The molecular formula is C13H9ClF2N2O2. The van der Waals surface area contributed by atoms with Gasteiger partial charge < -0.3 is 5.32 Å². The Morgan fingerprint density at radius 2 is 2.00 bits per heavy atom. The Kier molecular flexibility index (Phi) is 4.14. The molecule has 2 rings (SSSR count). The monoisotopic (exact) mass is 298 g/mol. The smallest absolute Gasteiger partial charge is 0.305 e. The van der Waals surface area contributed by atoms with Crippen LogP contribution in [0.4, 0.5) is 20.2 Å². The number of hydrogen-bond donors (Lipinski definition) is 1. The van der Waals surface area contributed by atoms with Crippen molar-refractivity contribution in [3.05, 3.63) is 68.7 Å². The number of anilines is 1. The van der Waals surface area contributed by atoms with Crippen LogP contribution in [-0.2, 0) is 6.54 Å². The van der Waals surface area contributed by atoms with Gasteiger partial charge in [0.1, 0.15) is 5.82 Å². The largest absolute Gasteiger partial charge is 0.381 e. The van der Waals surface area contributed by atoms with Gasteiger partial charge in [-0.05, 0) is 18.2 Å². The molecule has 0 saturated carbocycles. The molecule has 20 heavy (non-hydrogen) atoms. The van der Waals surface area contributed by atoms with Gasteiger partial charge in [-0.3, -0.25) is 10.1 Å². The molecule has 7 heteroatoms. The van der Waals surface area contributed by atoms with Crippen molar-refractivity contribution in [3.63, 3.8) is 0 Å². The molecule has 0 radical (unpaired) electrons. The summed E-state index contributed by atoms with van der Waals surface area (Å²) in [6.45, 7) is 0.0233. The van der Waals surface area contributed by atoms with Gasteiger partial charge in [-0.25, -0.2) is 4.39 Å². The fraction of sp³-hybridized carbons (Fsp3) is 0.0769. The predicted octanol–water partition coefficient (Wildman–Crippen LogP) is 4.14. The second-order valence-electron chi connectivity index (χ2n) is 3.99.